The van der Waals surface area contributed by atoms with Crippen molar-refractivity contribution in [2.45, 2.75) is 31.5 Å². The minimum Gasteiger partial charge on any atom is -0.481 e. The Morgan fingerprint density at radius 1 is 1.53 bits per heavy atom. The molecule has 0 aliphatic rings. The fraction of sp³-hybridized carbons (Fsp3) is 0.455. The second kappa shape index (κ2) is 5.87. The summed E-state index contributed by atoms with van der Waals surface area (Å²) >= 11 is 1.17. The highest BCUT2D eigenvalue weighted by molar-refractivity contribution is 7.99. The van der Waals surface area contributed by atoms with Gasteiger partial charge in [0.15, 0.2) is 22.1 Å². The topological polar surface area (TPSA) is 107 Å². The number of carbonyl (C=O) groups is 1. The Morgan fingerprint density at radius 3 is 3.00 bits per heavy atom. The fourth-order valence-corrected chi connectivity index (χ4v) is 2.43. The third kappa shape index (κ3) is 2.95. The number of nitrogens with zero attached hydrogens (tertiary/aromatic N) is 4. The van der Waals surface area contributed by atoms with Gasteiger partial charge in [-0.2, -0.15) is 0 Å². The quantitative estimate of drug-likeness (QED) is 0.770. The maximum Gasteiger partial charge on any atom is 0.313 e. The number of carboxylic acids is 1. The minimum atomic E-state index is -0.877. The zero-order valence-corrected chi connectivity index (χ0v) is 11.4. The van der Waals surface area contributed by atoms with Crippen molar-refractivity contribution in [3.8, 4) is 0 Å². The Balaban J connectivity index is 2.41. The van der Waals surface area contributed by atoms with Gasteiger partial charge in [-0.25, -0.2) is 15.0 Å². The normalized spacial score (nSPS) is 11.0. The molecular weight excluding hydrogens is 266 g/mol. The van der Waals surface area contributed by atoms with E-state index >= 15 is 0 Å². The van der Waals surface area contributed by atoms with Crippen molar-refractivity contribution in [2.75, 3.05) is 11.5 Å². The van der Waals surface area contributed by atoms with Crippen LogP contribution in [0, 0.1) is 0 Å². The first-order valence-electron chi connectivity index (χ1n) is 5.94. The Hall–Kier alpha value is -1.83. The first-order valence-corrected chi connectivity index (χ1v) is 6.93. The van der Waals surface area contributed by atoms with Gasteiger partial charge in [0.2, 0.25) is 0 Å². The number of rotatable bonds is 6. The highest BCUT2D eigenvalue weighted by atomic mass is 32.2. The van der Waals surface area contributed by atoms with E-state index in [9.17, 15) is 4.79 Å². The van der Waals surface area contributed by atoms with E-state index in [1.807, 2.05) is 4.57 Å². The van der Waals surface area contributed by atoms with Crippen LogP contribution in [0.15, 0.2) is 11.5 Å². The van der Waals surface area contributed by atoms with Gasteiger partial charge < -0.3 is 15.4 Å². The number of aliphatic carboxylic acids is 1. The number of unbranched alkanes of at least 4 members (excludes halogenated alkanes) is 1. The molecule has 0 bridgehead atoms. The molecular formula is C11H15N5O2S. The predicted molar refractivity (Wildman–Crippen MR) is 73.0 cm³/mol. The molecule has 102 valence electrons. The van der Waals surface area contributed by atoms with Gasteiger partial charge in [0.25, 0.3) is 0 Å². The van der Waals surface area contributed by atoms with Crippen LogP contribution in [0.4, 0.5) is 5.82 Å². The van der Waals surface area contributed by atoms with E-state index in [0.29, 0.717) is 22.1 Å². The molecule has 0 aliphatic heterocycles. The highest BCUT2D eigenvalue weighted by Crippen LogP contribution is 2.25. The number of anilines is 1. The van der Waals surface area contributed by atoms with Crippen LogP contribution < -0.4 is 5.73 Å². The summed E-state index contributed by atoms with van der Waals surface area (Å²) in [5, 5.41) is 9.38. The van der Waals surface area contributed by atoms with Crippen LogP contribution in [0.25, 0.3) is 11.2 Å². The van der Waals surface area contributed by atoms with Gasteiger partial charge in [-0.15, -0.1) is 0 Å². The van der Waals surface area contributed by atoms with Gasteiger partial charge >= 0.3 is 5.97 Å². The molecule has 0 saturated heterocycles. The second-order valence-electron chi connectivity index (χ2n) is 4.01. The van der Waals surface area contributed by atoms with Crippen LogP contribution >= 0.6 is 11.8 Å². The van der Waals surface area contributed by atoms with Crippen LogP contribution in [0.1, 0.15) is 19.8 Å². The van der Waals surface area contributed by atoms with Crippen LogP contribution in [-0.2, 0) is 11.3 Å². The molecule has 0 spiro atoms. The fourth-order valence-electron chi connectivity index (χ4n) is 1.69. The number of nitrogen functional groups attached to an aromatic ring is 1. The number of aryl methyl sites for hydroxylation is 1. The third-order valence-electron chi connectivity index (χ3n) is 2.59. The number of hydrogen-bond acceptors (Lipinski definition) is 6. The van der Waals surface area contributed by atoms with Crippen LogP contribution in [0.3, 0.4) is 0 Å². The van der Waals surface area contributed by atoms with Crippen LogP contribution in [0.2, 0.25) is 0 Å². The Morgan fingerprint density at radius 2 is 2.32 bits per heavy atom. The smallest absolute Gasteiger partial charge is 0.313 e. The number of nitrogens with two attached hydrogens (primary N) is 1. The van der Waals surface area contributed by atoms with Crippen molar-refractivity contribution in [3.05, 3.63) is 6.33 Å². The molecule has 2 heterocycles. The van der Waals surface area contributed by atoms with E-state index in [2.05, 4.69) is 21.9 Å². The van der Waals surface area contributed by atoms with Gasteiger partial charge in [-0.3, -0.25) is 4.79 Å². The maximum atomic E-state index is 10.7. The molecule has 7 nitrogen and oxygen atoms in total. The number of hydrogen-bond donors (Lipinski definition) is 2. The van der Waals surface area contributed by atoms with E-state index in [0.717, 1.165) is 19.4 Å². The van der Waals surface area contributed by atoms with Gasteiger partial charge in [0, 0.05) is 6.54 Å². The second-order valence-corrected chi connectivity index (χ2v) is 4.96. The van der Waals surface area contributed by atoms with Crippen molar-refractivity contribution in [3.63, 3.8) is 0 Å². The molecule has 3 N–H and O–H groups in total. The number of carboxylic acid groups (broad SMARTS) is 1. The molecule has 0 radical (unpaired) electrons. The largest absolute Gasteiger partial charge is 0.481 e. The molecule has 0 amide bonds. The lowest BCUT2D eigenvalue weighted by Gasteiger charge is -2.06. The molecule has 0 aliphatic carbocycles. The lowest BCUT2D eigenvalue weighted by molar-refractivity contribution is -0.133. The molecule has 0 saturated carbocycles. The maximum absolute atomic E-state index is 10.7. The summed E-state index contributed by atoms with van der Waals surface area (Å²) in [5.74, 6) is -0.599. The molecule has 2 rings (SSSR count). The van der Waals surface area contributed by atoms with Gasteiger partial charge in [-0.1, -0.05) is 25.1 Å². The van der Waals surface area contributed by atoms with E-state index in [1.165, 1.54) is 18.1 Å². The lowest BCUT2D eigenvalue weighted by Crippen LogP contribution is -2.04. The van der Waals surface area contributed by atoms with E-state index < -0.39 is 5.97 Å². The number of thioether (sulfide) groups is 1. The van der Waals surface area contributed by atoms with E-state index in [4.69, 9.17) is 10.8 Å². The lowest BCUT2D eigenvalue weighted by atomic mass is 10.3. The summed E-state index contributed by atoms with van der Waals surface area (Å²) < 4.78 is 1.91. The molecule has 2 aromatic rings. The summed E-state index contributed by atoms with van der Waals surface area (Å²) in [5.41, 5.74) is 6.97. The molecule has 0 fully saturated rings. The average Bonchev–Trinajstić information content (AvgIpc) is 2.73. The zero-order chi connectivity index (χ0) is 13.8. The van der Waals surface area contributed by atoms with Crippen molar-refractivity contribution in [2.24, 2.45) is 0 Å². The SMILES string of the molecule is CCCCn1c(SCC(=O)O)nc2c(N)ncnc21. The molecule has 0 atom stereocenters. The zero-order valence-electron chi connectivity index (χ0n) is 10.5. The minimum absolute atomic E-state index is 0.0389. The number of aromatic nitrogens is 4. The Labute approximate surface area is 114 Å². The van der Waals surface area contributed by atoms with Crippen molar-refractivity contribution >= 4 is 34.7 Å². The summed E-state index contributed by atoms with van der Waals surface area (Å²) in [4.78, 5) is 23.1. The molecule has 0 unspecified atom stereocenters. The summed E-state index contributed by atoms with van der Waals surface area (Å²) in [6, 6.07) is 0. The monoisotopic (exact) mass is 281 g/mol. The molecule has 2 aromatic heterocycles. The first kappa shape index (κ1) is 13.6. The van der Waals surface area contributed by atoms with Crippen molar-refractivity contribution in [1.82, 2.24) is 19.5 Å². The van der Waals surface area contributed by atoms with E-state index in [-0.39, 0.29) is 5.75 Å². The summed E-state index contributed by atoms with van der Waals surface area (Å²) in [6.45, 7) is 2.83. The van der Waals surface area contributed by atoms with E-state index in [1.54, 1.807) is 0 Å². The molecule has 0 aromatic carbocycles. The van der Waals surface area contributed by atoms with Crippen molar-refractivity contribution < 1.29 is 9.90 Å². The van der Waals surface area contributed by atoms with Gasteiger partial charge in [0.1, 0.15) is 6.33 Å². The Kier molecular flexibility index (Phi) is 4.20. The number of imidazole rings is 1. The standard InChI is InChI=1S/C11H15N5O2S/c1-2-3-4-16-10-8(9(12)13-6-14-10)15-11(16)19-5-7(17)18/h6H,2-5H2,1H3,(H,17,18)(H2,12,13,14). The van der Waals surface area contributed by atoms with Gasteiger partial charge in [-0.05, 0) is 6.42 Å². The average molecular weight is 281 g/mol. The Bertz CT molecular complexity index is 598. The molecule has 8 heteroatoms. The number of fused-ring (bicyclic) bond motifs is 1. The summed E-state index contributed by atoms with van der Waals surface area (Å²) in [7, 11) is 0. The van der Waals surface area contributed by atoms with Crippen molar-refractivity contribution in [1.29, 1.82) is 0 Å². The first-order chi connectivity index (χ1) is 9.13. The summed E-state index contributed by atoms with van der Waals surface area (Å²) in [6.07, 6.45) is 3.40. The van der Waals surface area contributed by atoms with Crippen LogP contribution in [0.5, 0.6) is 0 Å². The third-order valence-corrected chi connectivity index (χ3v) is 3.55. The van der Waals surface area contributed by atoms with Crippen LogP contribution in [-0.4, -0.2) is 36.3 Å². The highest BCUT2D eigenvalue weighted by Gasteiger charge is 2.15. The molecule has 19 heavy (non-hydrogen) atoms. The predicted octanol–water partition coefficient (Wildman–Crippen LogP) is 1.39. The van der Waals surface area contributed by atoms with Gasteiger partial charge in [0.05, 0.1) is 5.75 Å².